The Hall–Kier alpha value is -1.49. The van der Waals surface area contributed by atoms with E-state index < -0.39 is 12.8 Å². The standard InChI is InChI=1S/C16H21F2NO2/c1-12(13-3-5-14(18)6-4-13)9-16(20)19-7-2-8-21-15(10-17)11-19/h3-6,12,15H,2,7-11H2,1H3/t12-,15-/m1/s1. The Bertz CT molecular complexity index is 464. The summed E-state index contributed by atoms with van der Waals surface area (Å²) in [4.78, 5) is 14.0. The molecule has 2 atom stereocenters. The van der Waals surface area contributed by atoms with Crippen molar-refractivity contribution >= 4 is 5.91 Å². The minimum absolute atomic E-state index is 0.00391. The summed E-state index contributed by atoms with van der Waals surface area (Å²) >= 11 is 0. The Balaban J connectivity index is 1.94. The lowest BCUT2D eigenvalue weighted by molar-refractivity contribution is -0.132. The van der Waals surface area contributed by atoms with Gasteiger partial charge in [-0.15, -0.1) is 0 Å². The Morgan fingerprint density at radius 3 is 2.81 bits per heavy atom. The van der Waals surface area contributed by atoms with E-state index in [-0.39, 0.29) is 17.6 Å². The molecule has 0 aliphatic carbocycles. The fourth-order valence-corrected chi connectivity index (χ4v) is 2.52. The van der Waals surface area contributed by atoms with Crippen LogP contribution in [0, 0.1) is 5.82 Å². The van der Waals surface area contributed by atoms with Gasteiger partial charge in [-0.2, -0.15) is 0 Å². The fourth-order valence-electron chi connectivity index (χ4n) is 2.52. The third-order valence-electron chi connectivity index (χ3n) is 3.79. The summed E-state index contributed by atoms with van der Waals surface area (Å²) in [5, 5.41) is 0. The Labute approximate surface area is 123 Å². The summed E-state index contributed by atoms with van der Waals surface area (Å²) in [6.07, 6.45) is 0.551. The lowest BCUT2D eigenvalue weighted by atomic mass is 9.97. The molecule has 3 nitrogen and oxygen atoms in total. The van der Waals surface area contributed by atoms with Crippen LogP contribution >= 0.6 is 0 Å². The van der Waals surface area contributed by atoms with Crippen LogP contribution in [0.1, 0.15) is 31.2 Å². The first kappa shape index (κ1) is 15.9. The molecule has 0 aromatic heterocycles. The number of nitrogens with zero attached hydrogens (tertiary/aromatic N) is 1. The predicted molar refractivity (Wildman–Crippen MR) is 76.3 cm³/mol. The van der Waals surface area contributed by atoms with Gasteiger partial charge in [0.2, 0.25) is 5.91 Å². The van der Waals surface area contributed by atoms with E-state index in [0.29, 0.717) is 26.1 Å². The molecule has 0 radical (unpaired) electrons. The molecule has 1 saturated heterocycles. The van der Waals surface area contributed by atoms with Gasteiger partial charge in [-0.3, -0.25) is 4.79 Å². The van der Waals surface area contributed by atoms with Crippen molar-refractivity contribution in [1.82, 2.24) is 4.90 Å². The first-order chi connectivity index (χ1) is 10.1. The number of hydrogen-bond donors (Lipinski definition) is 0. The zero-order valence-corrected chi connectivity index (χ0v) is 12.2. The molecular weight excluding hydrogens is 276 g/mol. The Morgan fingerprint density at radius 2 is 2.14 bits per heavy atom. The summed E-state index contributed by atoms with van der Waals surface area (Å²) in [5.74, 6) is -0.283. The predicted octanol–water partition coefficient (Wildman–Crippen LogP) is 2.91. The number of halogens is 2. The average molecular weight is 297 g/mol. The molecule has 0 bridgehead atoms. The maximum atomic E-state index is 12.9. The first-order valence-electron chi connectivity index (χ1n) is 7.31. The average Bonchev–Trinajstić information content (AvgIpc) is 2.73. The van der Waals surface area contributed by atoms with Gasteiger partial charge in [-0.25, -0.2) is 8.78 Å². The molecule has 0 spiro atoms. The quantitative estimate of drug-likeness (QED) is 0.855. The Morgan fingerprint density at radius 1 is 1.43 bits per heavy atom. The minimum Gasteiger partial charge on any atom is -0.374 e. The minimum atomic E-state index is -0.572. The molecule has 1 aromatic rings. The monoisotopic (exact) mass is 297 g/mol. The molecule has 1 aliphatic rings. The second-order valence-corrected chi connectivity index (χ2v) is 5.50. The third kappa shape index (κ3) is 4.49. The van der Waals surface area contributed by atoms with Crippen molar-refractivity contribution in [1.29, 1.82) is 0 Å². The molecule has 2 rings (SSSR count). The molecule has 0 N–H and O–H groups in total. The Kier molecular flexibility index (Phi) is 5.67. The number of alkyl halides is 1. The summed E-state index contributed by atoms with van der Waals surface area (Å²) in [6, 6.07) is 6.19. The number of carbonyl (C=O) groups excluding carboxylic acids is 1. The number of rotatable bonds is 4. The van der Waals surface area contributed by atoms with E-state index >= 15 is 0 Å². The summed E-state index contributed by atoms with van der Waals surface area (Å²) in [5.41, 5.74) is 0.929. The molecular formula is C16H21F2NO2. The van der Waals surface area contributed by atoms with Gasteiger partial charge in [0.05, 0.1) is 0 Å². The molecule has 1 heterocycles. The van der Waals surface area contributed by atoms with Gasteiger partial charge in [-0.05, 0) is 30.0 Å². The van der Waals surface area contributed by atoms with Gasteiger partial charge in [0.15, 0.2) is 0 Å². The molecule has 1 aromatic carbocycles. The number of carbonyl (C=O) groups is 1. The summed E-state index contributed by atoms with van der Waals surface area (Å²) < 4.78 is 31.0. The van der Waals surface area contributed by atoms with Crippen LogP contribution in [0.5, 0.6) is 0 Å². The fraction of sp³-hybridized carbons (Fsp3) is 0.562. The van der Waals surface area contributed by atoms with Gasteiger partial charge < -0.3 is 9.64 Å². The van der Waals surface area contributed by atoms with Crippen LogP contribution in [-0.4, -0.2) is 43.3 Å². The van der Waals surface area contributed by atoms with E-state index in [1.54, 1.807) is 17.0 Å². The molecule has 5 heteroatoms. The molecule has 0 saturated carbocycles. The highest BCUT2D eigenvalue weighted by molar-refractivity contribution is 5.77. The topological polar surface area (TPSA) is 29.5 Å². The van der Waals surface area contributed by atoms with Crippen LogP contribution in [0.3, 0.4) is 0 Å². The van der Waals surface area contributed by atoms with Crippen molar-refractivity contribution in [2.45, 2.75) is 31.8 Å². The van der Waals surface area contributed by atoms with Gasteiger partial charge >= 0.3 is 0 Å². The van der Waals surface area contributed by atoms with Crippen molar-refractivity contribution in [2.24, 2.45) is 0 Å². The summed E-state index contributed by atoms with van der Waals surface area (Å²) in [7, 11) is 0. The molecule has 0 unspecified atom stereocenters. The maximum Gasteiger partial charge on any atom is 0.223 e. The number of hydrogen-bond acceptors (Lipinski definition) is 2. The summed E-state index contributed by atoms with van der Waals surface area (Å²) in [6.45, 7) is 2.77. The normalized spacial score (nSPS) is 20.9. The van der Waals surface area contributed by atoms with Crippen LogP contribution in [0.25, 0.3) is 0 Å². The lowest BCUT2D eigenvalue weighted by Gasteiger charge is -2.24. The smallest absolute Gasteiger partial charge is 0.223 e. The van der Waals surface area contributed by atoms with Crippen molar-refractivity contribution in [2.75, 3.05) is 26.4 Å². The number of amides is 1. The molecule has 1 aliphatic heterocycles. The van der Waals surface area contributed by atoms with Crippen LogP contribution < -0.4 is 0 Å². The van der Waals surface area contributed by atoms with Crippen LogP contribution in [0.15, 0.2) is 24.3 Å². The van der Waals surface area contributed by atoms with Gasteiger partial charge in [0.25, 0.3) is 0 Å². The van der Waals surface area contributed by atoms with Crippen molar-refractivity contribution in [3.63, 3.8) is 0 Å². The van der Waals surface area contributed by atoms with Gasteiger partial charge in [0, 0.05) is 26.1 Å². The molecule has 1 amide bonds. The lowest BCUT2D eigenvalue weighted by Crippen LogP contribution is -2.38. The second kappa shape index (κ2) is 7.50. The highest BCUT2D eigenvalue weighted by Crippen LogP contribution is 2.21. The van der Waals surface area contributed by atoms with E-state index in [9.17, 15) is 13.6 Å². The molecule has 1 fully saturated rings. The van der Waals surface area contributed by atoms with Crippen molar-refractivity contribution in [3.8, 4) is 0 Å². The van der Waals surface area contributed by atoms with Gasteiger partial charge in [0.1, 0.15) is 18.6 Å². The number of benzene rings is 1. The van der Waals surface area contributed by atoms with E-state index in [1.165, 1.54) is 12.1 Å². The van der Waals surface area contributed by atoms with Crippen molar-refractivity contribution in [3.05, 3.63) is 35.6 Å². The van der Waals surface area contributed by atoms with E-state index in [1.807, 2.05) is 6.92 Å². The molecule has 21 heavy (non-hydrogen) atoms. The second-order valence-electron chi connectivity index (χ2n) is 5.50. The van der Waals surface area contributed by atoms with E-state index in [0.717, 1.165) is 12.0 Å². The van der Waals surface area contributed by atoms with Crippen LogP contribution in [0.2, 0.25) is 0 Å². The SMILES string of the molecule is C[C@H](CC(=O)N1CCCO[C@H](CF)C1)c1ccc(F)cc1. The van der Waals surface area contributed by atoms with Crippen LogP contribution in [0.4, 0.5) is 8.78 Å². The first-order valence-corrected chi connectivity index (χ1v) is 7.31. The third-order valence-corrected chi connectivity index (χ3v) is 3.79. The highest BCUT2D eigenvalue weighted by atomic mass is 19.1. The molecule has 116 valence electrons. The van der Waals surface area contributed by atoms with E-state index in [2.05, 4.69) is 0 Å². The largest absolute Gasteiger partial charge is 0.374 e. The zero-order chi connectivity index (χ0) is 15.2. The number of ether oxygens (including phenoxy) is 1. The van der Waals surface area contributed by atoms with E-state index in [4.69, 9.17) is 4.74 Å². The zero-order valence-electron chi connectivity index (χ0n) is 12.2. The van der Waals surface area contributed by atoms with Crippen molar-refractivity contribution < 1.29 is 18.3 Å². The van der Waals surface area contributed by atoms with Crippen LogP contribution in [-0.2, 0) is 9.53 Å². The van der Waals surface area contributed by atoms with Gasteiger partial charge in [-0.1, -0.05) is 19.1 Å². The highest BCUT2D eigenvalue weighted by Gasteiger charge is 2.23. The maximum absolute atomic E-state index is 12.9.